The molecule has 0 bridgehead atoms. The van der Waals surface area contributed by atoms with Crippen LogP contribution in [0.4, 0.5) is 20.4 Å². The van der Waals surface area contributed by atoms with E-state index in [4.69, 9.17) is 0 Å². The van der Waals surface area contributed by atoms with Crippen LogP contribution in [0, 0.1) is 11.6 Å². The zero-order valence-electron chi connectivity index (χ0n) is 17.1. The number of para-hydroxylation sites is 1. The van der Waals surface area contributed by atoms with E-state index >= 15 is 0 Å². The quantitative estimate of drug-likeness (QED) is 0.361. The van der Waals surface area contributed by atoms with Crippen molar-refractivity contribution in [2.45, 2.75) is 19.0 Å². The number of imidazole rings is 1. The van der Waals surface area contributed by atoms with E-state index in [0.29, 0.717) is 25.6 Å². The Hall–Kier alpha value is -2.11. The minimum atomic E-state index is -0.531. The van der Waals surface area contributed by atoms with Gasteiger partial charge >= 0.3 is 0 Å². The summed E-state index contributed by atoms with van der Waals surface area (Å²) in [7, 11) is 7.56. The van der Waals surface area contributed by atoms with Crippen LogP contribution in [0.25, 0.3) is 0 Å². The molecule has 1 atom stereocenters. The average Bonchev–Trinajstić information content (AvgIpc) is 3.25. The summed E-state index contributed by atoms with van der Waals surface area (Å²) in [5.74, 6) is 0.457. The van der Waals surface area contributed by atoms with Crippen molar-refractivity contribution in [1.29, 1.82) is 0 Å². The summed E-state index contributed by atoms with van der Waals surface area (Å²) in [5.41, 5.74) is 1.06. The number of benzene rings is 1. The van der Waals surface area contributed by atoms with E-state index in [0.717, 1.165) is 18.1 Å². The molecular formula is C19H28F2IN7. The topological polar surface area (TPSA) is 60.7 Å². The second-order valence-corrected chi connectivity index (χ2v) is 7.07. The predicted octanol–water partition coefficient (Wildman–Crippen LogP) is 2.33. The van der Waals surface area contributed by atoms with Crippen molar-refractivity contribution >= 4 is 41.6 Å². The Bertz CT molecular complexity index is 833. The van der Waals surface area contributed by atoms with Crippen LogP contribution in [0.2, 0.25) is 0 Å². The molecule has 1 aromatic carbocycles. The van der Waals surface area contributed by atoms with E-state index in [1.165, 1.54) is 18.2 Å². The number of hydrogen-bond donors (Lipinski definition) is 2. The molecular weight excluding hydrogens is 491 g/mol. The van der Waals surface area contributed by atoms with Gasteiger partial charge in [-0.1, -0.05) is 6.07 Å². The Morgan fingerprint density at radius 1 is 1.31 bits per heavy atom. The van der Waals surface area contributed by atoms with Crippen molar-refractivity contribution in [3.05, 3.63) is 41.7 Å². The minimum Gasteiger partial charge on any atom is -0.365 e. The van der Waals surface area contributed by atoms with Crippen molar-refractivity contribution in [3.8, 4) is 0 Å². The van der Waals surface area contributed by atoms with Gasteiger partial charge in [0.25, 0.3) is 0 Å². The average molecular weight is 519 g/mol. The highest BCUT2D eigenvalue weighted by molar-refractivity contribution is 14.0. The van der Waals surface area contributed by atoms with Gasteiger partial charge in [0.2, 0.25) is 5.95 Å². The molecule has 29 heavy (non-hydrogen) atoms. The van der Waals surface area contributed by atoms with Gasteiger partial charge in [-0.15, -0.1) is 24.0 Å². The van der Waals surface area contributed by atoms with E-state index in [-0.39, 0.29) is 35.7 Å². The van der Waals surface area contributed by atoms with Crippen LogP contribution in [0.5, 0.6) is 0 Å². The van der Waals surface area contributed by atoms with Crippen LogP contribution in [0.15, 0.2) is 29.4 Å². The van der Waals surface area contributed by atoms with E-state index in [2.05, 4.69) is 20.6 Å². The Morgan fingerprint density at radius 2 is 2.00 bits per heavy atom. The molecule has 1 unspecified atom stereocenters. The maximum atomic E-state index is 14.0. The summed E-state index contributed by atoms with van der Waals surface area (Å²) < 4.78 is 30.0. The number of aliphatic imine (C=N–C) groups is 1. The van der Waals surface area contributed by atoms with Crippen molar-refractivity contribution in [3.63, 3.8) is 0 Å². The lowest BCUT2D eigenvalue weighted by Crippen LogP contribution is -2.44. The number of anilines is 2. The van der Waals surface area contributed by atoms with Gasteiger partial charge in [-0.25, -0.2) is 13.8 Å². The second kappa shape index (κ2) is 10.1. The van der Waals surface area contributed by atoms with E-state index < -0.39 is 11.6 Å². The van der Waals surface area contributed by atoms with Gasteiger partial charge in [0.1, 0.15) is 17.3 Å². The standard InChI is InChI=1S/C19H27F2N7.HI/c1-22-18(23-10-14-11-24-19(26(2)3)27(14)4)25-13-8-9-28(12-13)17-15(20)6-5-7-16(17)21;/h5-7,11,13H,8-10,12H2,1-4H3,(H2,22,23,25);1H. The van der Waals surface area contributed by atoms with Gasteiger partial charge in [0.15, 0.2) is 5.96 Å². The molecule has 0 aliphatic carbocycles. The Kier molecular flexibility index (Phi) is 8.05. The largest absolute Gasteiger partial charge is 0.365 e. The van der Waals surface area contributed by atoms with Gasteiger partial charge in [-0.2, -0.15) is 0 Å². The summed E-state index contributed by atoms with van der Waals surface area (Å²) in [6, 6.07) is 4.01. The third-order valence-corrected chi connectivity index (χ3v) is 4.90. The summed E-state index contributed by atoms with van der Waals surface area (Å²) >= 11 is 0. The first-order chi connectivity index (χ1) is 13.4. The molecule has 1 aromatic heterocycles. The highest BCUT2D eigenvalue weighted by Crippen LogP contribution is 2.26. The van der Waals surface area contributed by atoms with Gasteiger partial charge in [0, 0.05) is 47.3 Å². The lowest BCUT2D eigenvalue weighted by Gasteiger charge is -2.21. The molecule has 0 spiro atoms. The minimum absolute atomic E-state index is 0. The third-order valence-electron chi connectivity index (χ3n) is 4.90. The molecule has 1 aliphatic heterocycles. The zero-order chi connectivity index (χ0) is 20.3. The lowest BCUT2D eigenvalue weighted by atomic mass is 10.2. The maximum absolute atomic E-state index is 14.0. The number of hydrogen-bond acceptors (Lipinski definition) is 4. The molecule has 160 valence electrons. The van der Waals surface area contributed by atoms with Crippen LogP contribution >= 0.6 is 24.0 Å². The van der Waals surface area contributed by atoms with E-state index in [9.17, 15) is 8.78 Å². The maximum Gasteiger partial charge on any atom is 0.204 e. The number of halogens is 3. The molecule has 0 saturated carbocycles. The van der Waals surface area contributed by atoms with Gasteiger partial charge in [-0.3, -0.25) is 4.99 Å². The first-order valence-corrected chi connectivity index (χ1v) is 9.24. The summed E-state index contributed by atoms with van der Waals surface area (Å²) in [5, 5.41) is 6.61. The summed E-state index contributed by atoms with van der Waals surface area (Å²) in [6.45, 7) is 1.66. The monoisotopic (exact) mass is 519 g/mol. The van der Waals surface area contributed by atoms with E-state index in [1.54, 1.807) is 11.9 Å². The second-order valence-electron chi connectivity index (χ2n) is 7.07. The fourth-order valence-corrected chi connectivity index (χ4v) is 3.45. The SMILES string of the molecule is CN=C(NCc1cnc(N(C)C)n1C)NC1CCN(c2c(F)cccc2F)C1.I. The third kappa shape index (κ3) is 5.28. The van der Waals surface area contributed by atoms with E-state index in [1.807, 2.05) is 36.8 Å². The van der Waals surface area contributed by atoms with Crippen molar-refractivity contribution in [2.75, 3.05) is 44.0 Å². The molecule has 1 saturated heterocycles. The fraction of sp³-hybridized carbons (Fsp3) is 0.474. The smallest absolute Gasteiger partial charge is 0.204 e. The molecule has 3 rings (SSSR count). The fourth-order valence-electron chi connectivity index (χ4n) is 3.45. The summed E-state index contributed by atoms with van der Waals surface area (Å²) in [6.07, 6.45) is 2.60. The van der Waals surface area contributed by atoms with Crippen molar-refractivity contribution in [2.24, 2.45) is 12.0 Å². The molecule has 1 aliphatic rings. The number of nitrogens with one attached hydrogen (secondary N) is 2. The first-order valence-electron chi connectivity index (χ1n) is 9.24. The van der Waals surface area contributed by atoms with Crippen LogP contribution in [0.3, 0.4) is 0 Å². The molecule has 10 heteroatoms. The Morgan fingerprint density at radius 3 is 2.59 bits per heavy atom. The molecule has 1 fully saturated rings. The number of aromatic nitrogens is 2. The predicted molar refractivity (Wildman–Crippen MR) is 123 cm³/mol. The molecule has 0 radical (unpaired) electrons. The van der Waals surface area contributed by atoms with Crippen molar-refractivity contribution in [1.82, 2.24) is 20.2 Å². The van der Waals surface area contributed by atoms with Crippen LogP contribution in [-0.2, 0) is 13.6 Å². The van der Waals surface area contributed by atoms with Crippen LogP contribution < -0.4 is 20.4 Å². The molecule has 0 amide bonds. The van der Waals surface area contributed by atoms with Crippen LogP contribution in [-0.4, -0.2) is 55.8 Å². The Balaban J connectivity index is 0.00000300. The molecule has 2 N–H and O–H groups in total. The van der Waals surface area contributed by atoms with Gasteiger partial charge in [0.05, 0.1) is 18.4 Å². The number of rotatable bonds is 5. The van der Waals surface area contributed by atoms with Crippen LogP contribution in [0.1, 0.15) is 12.1 Å². The van der Waals surface area contributed by atoms with Gasteiger partial charge in [-0.05, 0) is 18.6 Å². The first kappa shape index (κ1) is 23.2. The highest BCUT2D eigenvalue weighted by atomic mass is 127. The molecule has 7 nitrogen and oxygen atoms in total. The molecule has 2 aromatic rings. The zero-order valence-corrected chi connectivity index (χ0v) is 19.4. The number of guanidine groups is 1. The normalized spacial score (nSPS) is 16.6. The van der Waals surface area contributed by atoms with Crippen molar-refractivity contribution < 1.29 is 8.78 Å². The van der Waals surface area contributed by atoms with Gasteiger partial charge < -0.3 is 25.0 Å². The molecule has 2 heterocycles. The highest BCUT2D eigenvalue weighted by Gasteiger charge is 2.27. The lowest BCUT2D eigenvalue weighted by molar-refractivity contribution is 0.575. The Labute approximate surface area is 187 Å². The number of nitrogens with zero attached hydrogens (tertiary/aromatic N) is 5. The summed E-state index contributed by atoms with van der Waals surface area (Å²) in [4.78, 5) is 12.3.